The quantitative estimate of drug-likeness (QED) is 0.847. The van der Waals surface area contributed by atoms with Crippen molar-refractivity contribution in [3.05, 3.63) is 34.9 Å². The lowest BCUT2D eigenvalue weighted by atomic mass is 10.1. The van der Waals surface area contributed by atoms with Gasteiger partial charge in [0, 0.05) is 31.2 Å². The highest BCUT2D eigenvalue weighted by Gasteiger charge is 2.21. The van der Waals surface area contributed by atoms with Crippen LogP contribution in [0.3, 0.4) is 0 Å². The van der Waals surface area contributed by atoms with Crippen LogP contribution in [0.2, 0.25) is 0 Å². The fourth-order valence-electron chi connectivity index (χ4n) is 2.40. The number of carbonyl (C=O) groups excluding carboxylic acids is 1. The van der Waals surface area contributed by atoms with Crippen LogP contribution < -0.4 is 5.32 Å². The molecule has 1 saturated heterocycles. The number of piperazine rings is 1. The lowest BCUT2D eigenvalue weighted by Crippen LogP contribution is -2.51. The van der Waals surface area contributed by atoms with Gasteiger partial charge in [-0.2, -0.15) is 0 Å². The van der Waals surface area contributed by atoms with Crippen LogP contribution in [0.5, 0.6) is 0 Å². The summed E-state index contributed by atoms with van der Waals surface area (Å²) in [5, 5.41) is 3.35. The van der Waals surface area contributed by atoms with Crippen molar-refractivity contribution in [3.8, 4) is 0 Å². The number of carbonyl (C=O) groups is 1. The zero-order chi connectivity index (χ0) is 12.4. The Kier molecular flexibility index (Phi) is 5.17. The number of aryl methyl sites for hydroxylation is 2. The second-order valence-corrected chi connectivity index (χ2v) is 4.98. The minimum Gasteiger partial charge on any atom is -0.336 e. The van der Waals surface area contributed by atoms with Crippen molar-refractivity contribution in [3.63, 3.8) is 0 Å². The van der Waals surface area contributed by atoms with Gasteiger partial charge in [-0.3, -0.25) is 4.79 Å². The number of benzene rings is 1. The fraction of sp³-hybridized carbons (Fsp3) is 0.500. The van der Waals surface area contributed by atoms with Crippen molar-refractivity contribution in [1.29, 1.82) is 0 Å². The number of amides is 1. The Labute approximate surface area is 115 Å². The van der Waals surface area contributed by atoms with E-state index >= 15 is 0 Å². The van der Waals surface area contributed by atoms with Gasteiger partial charge in [0.2, 0.25) is 0 Å². The molecule has 1 amide bonds. The van der Waals surface area contributed by atoms with Gasteiger partial charge in [0.1, 0.15) is 0 Å². The lowest BCUT2D eigenvalue weighted by molar-refractivity contribution is 0.0709. The molecule has 3 nitrogen and oxygen atoms in total. The van der Waals surface area contributed by atoms with E-state index in [9.17, 15) is 4.79 Å². The van der Waals surface area contributed by atoms with Crippen LogP contribution in [0.4, 0.5) is 0 Å². The van der Waals surface area contributed by atoms with Crippen LogP contribution in [0.15, 0.2) is 18.2 Å². The molecule has 1 N–H and O–H groups in total. The zero-order valence-corrected chi connectivity index (χ0v) is 12.0. The molecule has 1 aliphatic heterocycles. The summed E-state index contributed by atoms with van der Waals surface area (Å²) in [6.45, 7) is 8.66. The second kappa shape index (κ2) is 6.21. The molecule has 100 valence electrons. The van der Waals surface area contributed by atoms with E-state index in [0.717, 1.165) is 36.3 Å². The highest BCUT2D eigenvalue weighted by atomic mass is 35.5. The Morgan fingerprint density at radius 1 is 1.28 bits per heavy atom. The van der Waals surface area contributed by atoms with E-state index in [-0.39, 0.29) is 18.3 Å². The van der Waals surface area contributed by atoms with E-state index in [1.807, 2.05) is 30.9 Å². The van der Waals surface area contributed by atoms with Crippen molar-refractivity contribution in [1.82, 2.24) is 10.2 Å². The summed E-state index contributed by atoms with van der Waals surface area (Å²) >= 11 is 0. The highest BCUT2D eigenvalue weighted by Crippen LogP contribution is 2.12. The Morgan fingerprint density at radius 2 is 1.89 bits per heavy atom. The predicted octanol–water partition coefficient (Wildman–Crippen LogP) is 2.16. The first-order valence-electron chi connectivity index (χ1n) is 6.17. The first-order valence-corrected chi connectivity index (χ1v) is 6.17. The third-order valence-corrected chi connectivity index (χ3v) is 3.12. The summed E-state index contributed by atoms with van der Waals surface area (Å²) in [4.78, 5) is 14.3. The van der Waals surface area contributed by atoms with Crippen molar-refractivity contribution in [2.45, 2.75) is 26.8 Å². The molecule has 1 fully saturated rings. The molecular weight excluding hydrogens is 248 g/mol. The molecule has 0 bridgehead atoms. The van der Waals surface area contributed by atoms with E-state index < -0.39 is 0 Å². The van der Waals surface area contributed by atoms with E-state index in [2.05, 4.69) is 18.3 Å². The summed E-state index contributed by atoms with van der Waals surface area (Å²) in [7, 11) is 0. The Morgan fingerprint density at radius 3 is 2.44 bits per heavy atom. The zero-order valence-electron chi connectivity index (χ0n) is 11.2. The Bertz CT molecular complexity index is 414. The number of nitrogens with zero attached hydrogens (tertiary/aromatic N) is 1. The highest BCUT2D eigenvalue weighted by molar-refractivity contribution is 5.94. The number of nitrogens with one attached hydrogen (secondary N) is 1. The first kappa shape index (κ1) is 15.0. The molecule has 0 saturated carbocycles. The molecule has 1 atom stereocenters. The van der Waals surface area contributed by atoms with E-state index in [1.165, 1.54) is 0 Å². The molecular formula is C14H21ClN2O. The average Bonchev–Trinajstić information content (AvgIpc) is 2.26. The van der Waals surface area contributed by atoms with E-state index in [1.54, 1.807) is 0 Å². The number of hydrogen-bond acceptors (Lipinski definition) is 2. The maximum atomic E-state index is 12.3. The molecule has 18 heavy (non-hydrogen) atoms. The summed E-state index contributed by atoms with van der Waals surface area (Å²) < 4.78 is 0. The van der Waals surface area contributed by atoms with Crippen molar-refractivity contribution >= 4 is 18.3 Å². The van der Waals surface area contributed by atoms with Crippen molar-refractivity contribution < 1.29 is 4.79 Å². The van der Waals surface area contributed by atoms with Crippen LogP contribution in [-0.4, -0.2) is 36.5 Å². The molecule has 1 aromatic rings. The molecule has 1 aliphatic rings. The fourth-order valence-corrected chi connectivity index (χ4v) is 2.40. The Balaban J connectivity index is 0.00000162. The van der Waals surface area contributed by atoms with Crippen molar-refractivity contribution in [2.24, 2.45) is 0 Å². The van der Waals surface area contributed by atoms with Gasteiger partial charge < -0.3 is 10.2 Å². The largest absolute Gasteiger partial charge is 0.336 e. The molecule has 4 heteroatoms. The average molecular weight is 269 g/mol. The molecule has 0 radical (unpaired) electrons. The topological polar surface area (TPSA) is 32.3 Å². The third kappa shape index (κ3) is 3.47. The molecule has 0 spiro atoms. The van der Waals surface area contributed by atoms with Gasteiger partial charge in [0.15, 0.2) is 0 Å². The molecule has 2 rings (SSSR count). The lowest BCUT2D eigenvalue weighted by Gasteiger charge is -2.32. The maximum absolute atomic E-state index is 12.3. The van der Waals surface area contributed by atoms with Gasteiger partial charge in [-0.1, -0.05) is 17.2 Å². The van der Waals surface area contributed by atoms with Crippen LogP contribution in [0.1, 0.15) is 28.4 Å². The summed E-state index contributed by atoms with van der Waals surface area (Å²) in [5.74, 6) is 0.158. The monoisotopic (exact) mass is 268 g/mol. The SMILES string of the molecule is Cc1cc(C)cc(C(=O)N2CCN[C@@H](C)C2)c1.Cl. The molecule has 0 unspecified atom stereocenters. The van der Waals surface area contributed by atoms with E-state index in [4.69, 9.17) is 0 Å². The van der Waals surface area contributed by atoms with Gasteiger partial charge in [0.05, 0.1) is 0 Å². The minimum absolute atomic E-state index is 0. The molecule has 1 heterocycles. The normalized spacial score (nSPS) is 19.3. The van der Waals surface area contributed by atoms with Gasteiger partial charge in [-0.25, -0.2) is 0 Å². The van der Waals surface area contributed by atoms with Gasteiger partial charge in [0.25, 0.3) is 5.91 Å². The van der Waals surface area contributed by atoms with Crippen LogP contribution in [0, 0.1) is 13.8 Å². The Hall–Kier alpha value is -1.06. The summed E-state index contributed by atoms with van der Waals surface area (Å²) in [6, 6.07) is 6.43. The van der Waals surface area contributed by atoms with Crippen molar-refractivity contribution in [2.75, 3.05) is 19.6 Å². The van der Waals surface area contributed by atoms with Crippen LogP contribution in [0.25, 0.3) is 0 Å². The smallest absolute Gasteiger partial charge is 0.253 e. The van der Waals surface area contributed by atoms with Gasteiger partial charge in [-0.15, -0.1) is 12.4 Å². The van der Waals surface area contributed by atoms with Gasteiger partial charge in [-0.05, 0) is 32.9 Å². The number of halogens is 1. The molecule has 0 aliphatic carbocycles. The van der Waals surface area contributed by atoms with Crippen LogP contribution >= 0.6 is 12.4 Å². The number of hydrogen-bond donors (Lipinski definition) is 1. The van der Waals surface area contributed by atoms with Crippen LogP contribution in [-0.2, 0) is 0 Å². The second-order valence-electron chi connectivity index (χ2n) is 4.98. The standard InChI is InChI=1S/C14H20N2O.ClH/c1-10-6-11(2)8-13(7-10)14(17)16-5-4-15-12(3)9-16;/h6-8,12,15H,4-5,9H2,1-3H3;1H/t12-;/m0./s1. The molecule has 1 aromatic carbocycles. The number of rotatable bonds is 1. The predicted molar refractivity (Wildman–Crippen MR) is 76.5 cm³/mol. The minimum atomic E-state index is 0. The third-order valence-electron chi connectivity index (χ3n) is 3.12. The van der Waals surface area contributed by atoms with Gasteiger partial charge >= 0.3 is 0 Å². The maximum Gasteiger partial charge on any atom is 0.253 e. The summed E-state index contributed by atoms with van der Waals surface area (Å²) in [5.41, 5.74) is 3.12. The summed E-state index contributed by atoms with van der Waals surface area (Å²) in [6.07, 6.45) is 0. The molecule has 0 aromatic heterocycles. The first-order chi connectivity index (χ1) is 8.06. The van der Waals surface area contributed by atoms with E-state index in [0.29, 0.717) is 6.04 Å².